The summed E-state index contributed by atoms with van der Waals surface area (Å²) in [6.45, 7) is 3.41. The van der Waals surface area contributed by atoms with Gasteiger partial charge in [0.25, 0.3) is 0 Å². The molecule has 2 N–H and O–H groups in total. The first-order chi connectivity index (χ1) is 6.74. The van der Waals surface area contributed by atoms with Crippen LogP contribution in [0.1, 0.15) is 26.2 Å². The normalized spacial score (nSPS) is 24.3. The molecule has 1 aliphatic heterocycles. The topological polar surface area (TPSA) is 50.4 Å². The highest BCUT2D eigenvalue weighted by Gasteiger charge is 2.21. The van der Waals surface area contributed by atoms with Crippen molar-refractivity contribution in [3.8, 4) is 0 Å². The summed E-state index contributed by atoms with van der Waals surface area (Å²) in [6.07, 6.45) is 2.82. The number of hydrogen-bond donors (Lipinski definition) is 2. The predicted molar refractivity (Wildman–Crippen MR) is 55.1 cm³/mol. The quantitative estimate of drug-likeness (QED) is 0.685. The summed E-state index contributed by atoms with van der Waals surface area (Å²) in [4.78, 5) is 11.6. The zero-order chi connectivity index (χ0) is 10.4. The fourth-order valence-electron chi connectivity index (χ4n) is 1.42. The molecule has 0 radical (unpaired) electrons. The van der Waals surface area contributed by atoms with Crippen LogP contribution in [0.4, 0.5) is 0 Å². The van der Waals surface area contributed by atoms with E-state index in [-0.39, 0.29) is 12.0 Å². The van der Waals surface area contributed by atoms with Gasteiger partial charge in [0.05, 0.1) is 0 Å². The van der Waals surface area contributed by atoms with Crippen molar-refractivity contribution in [1.82, 2.24) is 10.6 Å². The average molecular weight is 200 g/mol. The Hall–Kier alpha value is -0.610. The molecule has 0 aromatic rings. The summed E-state index contributed by atoms with van der Waals surface area (Å²) >= 11 is 0. The Labute approximate surface area is 85.4 Å². The molecule has 1 fully saturated rings. The Kier molecular flexibility index (Phi) is 4.90. The summed E-state index contributed by atoms with van der Waals surface area (Å²) in [5.74, 6) is 0.0341. The number of carbonyl (C=O) groups is 1. The van der Waals surface area contributed by atoms with Crippen LogP contribution in [0.25, 0.3) is 0 Å². The average Bonchev–Trinajstić information content (AvgIpc) is 2.26. The highest BCUT2D eigenvalue weighted by molar-refractivity contribution is 5.80. The van der Waals surface area contributed by atoms with E-state index in [2.05, 4.69) is 10.6 Å². The molecule has 0 spiro atoms. The molecule has 1 amide bonds. The molecule has 2 unspecified atom stereocenters. The van der Waals surface area contributed by atoms with Crippen LogP contribution in [-0.4, -0.2) is 38.3 Å². The largest absolute Gasteiger partial charge is 0.368 e. The number of likely N-dealkylation sites (N-methyl/N-ethyl adjacent to an activating group) is 1. The maximum atomic E-state index is 11.6. The lowest BCUT2D eigenvalue weighted by Crippen LogP contribution is -2.43. The van der Waals surface area contributed by atoms with Gasteiger partial charge in [0, 0.05) is 19.2 Å². The molecule has 14 heavy (non-hydrogen) atoms. The van der Waals surface area contributed by atoms with Gasteiger partial charge in [0.2, 0.25) is 5.91 Å². The first kappa shape index (κ1) is 11.5. The van der Waals surface area contributed by atoms with Crippen LogP contribution in [-0.2, 0) is 9.53 Å². The van der Waals surface area contributed by atoms with Gasteiger partial charge in [-0.15, -0.1) is 0 Å². The molecule has 1 aliphatic rings. The number of nitrogens with one attached hydrogen (secondary N) is 2. The monoisotopic (exact) mass is 200 g/mol. The molecule has 0 saturated carbocycles. The molecule has 0 bridgehead atoms. The van der Waals surface area contributed by atoms with E-state index in [1.54, 1.807) is 0 Å². The van der Waals surface area contributed by atoms with Crippen molar-refractivity contribution in [1.29, 1.82) is 0 Å². The molecular formula is C10H20N2O2. The third kappa shape index (κ3) is 3.64. The van der Waals surface area contributed by atoms with E-state index in [0.717, 1.165) is 25.9 Å². The Morgan fingerprint density at radius 2 is 2.36 bits per heavy atom. The minimum absolute atomic E-state index is 0.0341. The second kappa shape index (κ2) is 5.98. The molecule has 82 valence electrons. The van der Waals surface area contributed by atoms with Crippen molar-refractivity contribution >= 4 is 5.91 Å². The molecule has 0 aromatic heterocycles. The van der Waals surface area contributed by atoms with Gasteiger partial charge in [0.1, 0.15) is 6.10 Å². The van der Waals surface area contributed by atoms with Crippen molar-refractivity contribution in [3.05, 3.63) is 0 Å². The minimum atomic E-state index is -0.215. The van der Waals surface area contributed by atoms with Gasteiger partial charge >= 0.3 is 0 Å². The first-order valence-corrected chi connectivity index (χ1v) is 5.30. The number of amides is 1. The lowest BCUT2D eigenvalue weighted by Gasteiger charge is -2.22. The minimum Gasteiger partial charge on any atom is -0.368 e. The van der Waals surface area contributed by atoms with E-state index >= 15 is 0 Å². The van der Waals surface area contributed by atoms with Crippen molar-refractivity contribution in [2.45, 2.75) is 38.3 Å². The first-order valence-electron chi connectivity index (χ1n) is 5.30. The van der Waals surface area contributed by atoms with Crippen LogP contribution in [0.3, 0.4) is 0 Å². The number of rotatable bonds is 4. The molecule has 1 heterocycles. The van der Waals surface area contributed by atoms with Crippen LogP contribution in [0, 0.1) is 0 Å². The third-order valence-corrected chi connectivity index (χ3v) is 2.55. The van der Waals surface area contributed by atoms with Gasteiger partial charge in [-0.1, -0.05) is 0 Å². The van der Waals surface area contributed by atoms with Gasteiger partial charge in [0.15, 0.2) is 0 Å². The third-order valence-electron chi connectivity index (χ3n) is 2.55. The highest BCUT2D eigenvalue weighted by Crippen LogP contribution is 2.12. The van der Waals surface area contributed by atoms with Crippen molar-refractivity contribution in [2.75, 3.05) is 20.2 Å². The standard InChI is InChI=1S/C10H20N2O2/c1-8(11-2)7-12-10(13)9-5-3-4-6-14-9/h8-9,11H,3-7H2,1-2H3,(H,12,13). The number of hydrogen-bond acceptors (Lipinski definition) is 3. The number of ether oxygens (including phenoxy) is 1. The summed E-state index contributed by atoms with van der Waals surface area (Å²) in [7, 11) is 1.88. The maximum Gasteiger partial charge on any atom is 0.249 e. The van der Waals surface area contributed by atoms with E-state index in [4.69, 9.17) is 4.74 Å². The fourth-order valence-corrected chi connectivity index (χ4v) is 1.42. The van der Waals surface area contributed by atoms with E-state index < -0.39 is 0 Å². The predicted octanol–water partition coefficient (Wildman–Crippen LogP) is 0.280. The zero-order valence-corrected chi connectivity index (χ0v) is 9.01. The molecule has 4 nitrogen and oxygen atoms in total. The van der Waals surface area contributed by atoms with Crippen molar-refractivity contribution < 1.29 is 9.53 Å². The number of carbonyl (C=O) groups excluding carboxylic acids is 1. The Morgan fingerprint density at radius 3 is 2.93 bits per heavy atom. The SMILES string of the molecule is CNC(C)CNC(=O)C1CCCCO1. The smallest absolute Gasteiger partial charge is 0.249 e. The van der Waals surface area contributed by atoms with Crippen LogP contribution >= 0.6 is 0 Å². The highest BCUT2D eigenvalue weighted by atomic mass is 16.5. The molecule has 0 aliphatic carbocycles. The Bertz CT molecular complexity index is 179. The fraction of sp³-hybridized carbons (Fsp3) is 0.900. The maximum absolute atomic E-state index is 11.6. The Balaban J connectivity index is 2.19. The van der Waals surface area contributed by atoms with E-state index in [9.17, 15) is 4.79 Å². The lowest BCUT2D eigenvalue weighted by molar-refractivity contribution is -0.135. The van der Waals surface area contributed by atoms with Crippen molar-refractivity contribution in [2.24, 2.45) is 0 Å². The van der Waals surface area contributed by atoms with Crippen LogP contribution in [0.2, 0.25) is 0 Å². The molecule has 1 saturated heterocycles. The second-order valence-corrected chi connectivity index (χ2v) is 3.79. The van der Waals surface area contributed by atoms with Gasteiger partial charge in [-0.2, -0.15) is 0 Å². The summed E-state index contributed by atoms with van der Waals surface area (Å²) in [5.41, 5.74) is 0. The van der Waals surface area contributed by atoms with Gasteiger partial charge < -0.3 is 15.4 Å². The van der Waals surface area contributed by atoms with Crippen LogP contribution in [0.15, 0.2) is 0 Å². The van der Waals surface area contributed by atoms with E-state index in [1.165, 1.54) is 0 Å². The molecule has 1 rings (SSSR count). The van der Waals surface area contributed by atoms with Gasteiger partial charge in [-0.3, -0.25) is 4.79 Å². The summed E-state index contributed by atoms with van der Waals surface area (Å²) < 4.78 is 5.37. The van der Waals surface area contributed by atoms with E-state index in [0.29, 0.717) is 12.6 Å². The molecule has 0 aromatic carbocycles. The van der Waals surface area contributed by atoms with Gasteiger partial charge in [-0.25, -0.2) is 0 Å². The lowest BCUT2D eigenvalue weighted by atomic mass is 10.1. The second-order valence-electron chi connectivity index (χ2n) is 3.79. The summed E-state index contributed by atoms with van der Waals surface area (Å²) in [6, 6.07) is 0.308. The Morgan fingerprint density at radius 1 is 1.57 bits per heavy atom. The zero-order valence-electron chi connectivity index (χ0n) is 9.01. The van der Waals surface area contributed by atoms with Crippen LogP contribution < -0.4 is 10.6 Å². The van der Waals surface area contributed by atoms with Gasteiger partial charge in [-0.05, 0) is 33.2 Å². The van der Waals surface area contributed by atoms with Crippen LogP contribution in [0.5, 0.6) is 0 Å². The van der Waals surface area contributed by atoms with E-state index in [1.807, 2.05) is 14.0 Å². The molecule has 2 atom stereocenters. The summed E-state index contributed by atoms with van der Waals surface area (Å²) in [5, 5.41) is 5.94. The molecular weight excluding hydrogens is 180 g/mol. The van der Waals surface area contributed by atoms with Crippen molar-refractivity contribution in [3.63, 3.8) is 0 Å². The molecule has 4 heteroatoms.